The van der Waals surface area contributed by atoms with Gasteiger partial charge in [-0.05, 0) is 24.4 Å². The molecule has 6 nitrogen and oxygen atoms in total. The SMILES string of the molecule is COc1ccc(NC(=S)N(C)CC(O)CO)c(OC)c1. The number of thiocarbonyl (C=S) groups is 1. The van der Waals surface area contributed by atoms with Gasteiger partial charge in [0.25, 0.3) is 0 Å². The number of nitrogens with one attached hydrogen (secondary N) is 1. The van der Waals surface area contributed by atoms with E-state index in [1.165, 1.54) is 0 Å². The number of aliphatic hydroxyl groups excluding tert-OH is 2. The van der Waals surface area contributed by atoms with Gasteiger partial charge in [0.2, 0.25) is 0 Å². The molecule has 0 saturated heterocycles. The van der Waals surface area contributed by atoms with Crippen molar-refractivity contribution >= 4 is 23.0 Å². The van der Waals surface area contributed by atoms with Gasteiger partial charge >= 0.3 is 0 Å². The van der Waals surface area contributed by atoms with Gasteiger partial charge in [-0.15, -0.1) is 0 Å². The van der Waals surface area contributed by atoms with Crippen LogP contribution in [0.25, 0.3) is 0 Å². The molecule has 1 unspecified atom stereocenters. The highest BCUT2D eigenvalue weighted by Gasteiger charge is 2.12. The van der Waals surface area contributed by atoms with Gasteiger partial charge in [0.1, 0.15) is 11.5 Å². The van der Waals surface area contributed by atoms with Crippen LogP contribution < -0.4 is 14.8 Å². The van der Waals surface area contributed by atoms with Gasteiger partial charge in [0.15, 0.2) is 5.11 Å². The van der Waals surface area contributed by atoms with Gasteiger partial charge < -0.3 is 29.9 Å². The molecule has 0 fully saturated rings. The first kappa shape index (κ1) is 16.5. The summed E-state index contributed by atoms with van der Waals surface area (Å²) in [6.07, 6.45) is -0.836. The van der Waals surface area contributed by atoms with Crippen molar-refractivity contribution in [1.29, 1.82) is 0 Å². The van der Waals surface area contributed by atoms with Gasteiger partial charge in [-0.1, -0.05) is 0 Å². The lowest BCUT2D eigenvalue weighted by atomic mass is 10.2. The molecule has 0 saturated carbocycles. The zero-order valence-corrected chi connectivity index (χ0v) is 12.6. The molecule has 0 amide bonds. The number of methoxy groups -OCH3 is 2. The van der Waals surface area contributed by atoms with Gasteiger partial charge in [-0.3, -0.25) is 0 Å². The monoisotopic (exact) mass is 300 g/mol. The second-order valence-corrected chi connectivity index (χ2v) is 4.60. The predicted octanol–water partition coefficient (Wildman–Crippen LogP) is 0.686. The Balaban J connectivity index is 2.74. The van der Waals surface area contributed by atoms with Crippen molar-refractivity contribution in [2.24, 2.45) is 0 Å². The van der Waals surface area contributed by atoms with Crippen molar-refractivity contribution in [2.45, 2.75) is 6.10 Å². The Morgan fingerprint density at radius 1 is 1.40 bits per heavy atom. The summed E-state index contributed by atoms with van der Waals surface area (Å²) in [5.41, 5.74) is 0.698. The minimum Gasteiger partial charge on any atom is -0.497 e. The fourth-order valence-electron chi connectivity index (χ4n) is 1.57. The first-order valence-electron chi connectivity index (χ1n) is 6.04. The molecule has 1 aromatic carbocycles. The first-order valence-corrected chi connectivity index (χ1v) is 6.45. The molecule has 3 N–H and O–H groups in total. The predicted molar refractivity (Wildman–Crippen MR) is 81.5 cm³/mol. The number of ether oxygens (including phenoxy) is 2. The minimum atomic E-state index is -0.836. The molecule has 112 valence electrons. The molecule has 1 aromatic rings. The quantitative estimate of drug-likeness (QED) is 0.667. The molecule has 0 bridgehead atoms. The Labute approximate surface area is 123 Å². The second-order valence-electron chi connectivity index (χ2n) is 4.21. The van der Waals surface area contributed by atoms with Crippen molar-refractivity contribution < 1.29 is 19.7 Å². The van der Waals surface area contributed by atoms with E-state index in [4.69, 9.17) is 26.8 Å². The van der Waals surface area contributed by atoms with E-state index in [2.05, 4.69) is 5.32 Å². The summed E-state index contributed by atoms with van der Waals surface area (Å²) in [6.45, 7) is -0.0698. The Hall–Kier alpha value is -1.57. The summed E-state index contributed by atoms with van der Waals surface area (Å²) in [5, 5.41) is 21.7. The first-order chi connectivity index (χ1) is 9.51. The smallest absolute Gasteiger partial charge is 0.173 e. The Kier molecular flexibility index (Phi) is 6.50. The van der Waals surface area contributed by atoms with Crippen LogP contribution in [0.4, 0.5) is 5.69 Å². The summed E-state index contributed by atoms with van der Waals surface area (Å²) < 4.78 is 10.4. The van der Waals surface area contributed by atoms with E-state index in [1.54, 1.807) is 44.4 Å². The lowest BCUT2D eigenvalue weighted by Gasteiger charge is -2.23. The minimum absolute atomic E-state index is 0.237. The fourth-order valence-corrected chi connectivity index (χ4v) is 1.75. The van der Waals surface area contributed by atoms with E-state index in [0.717, 1.165) is 0 Å². The maximum atomic E-state index is 9.39. The topological polar surface area (TPSA) is 74.2 Å². The number of hydrogen-bond acceptors (Lipinski definition) is 5. The van der Waals surface area contributed by atoms with Gasteiger partial charge in [-0.25, -0.2) is 0 Å². The number of nitrogens with zero attached hydrogens (tertiary/aromatic N) is 1. The number of rotatable bonds is 6. The number of benzene rings is 1. The zero-order valence-electron chi connectivity index (χ0n) is 11.8. The van der Waals surface area contributed by atoms with Crippen LogP contribution >= 0.6 is 12.2 Å². The molecule has 0 aliphatic heterocycles. The van der Waals surface area contributed by atoms with E-state index in [9.17, 15) is 5.11 Å². The Morgan fingerprint density at radius 2 is 2.10 bits per heavy atom. The third-order valence-corrected chi connectivity index (χ3v) is 3.11. The van der Waals surface area contributed by atoms with Gasteiger partial charge in [0.05, 0.1) is 32.6 Å². The average Bonchev–Trinajstić information content (AvgIpc) is 2.47. The largest absolute Gasteiger partial charge is 0.497 e. The molecule has 0 heterocycles. The number of likely N-dealkylation sites (N-methyl/N-ethyl adjacent to an activating group) is 1. The average molecular weight is 300 g/mol. The zero-order chi connectivity index (χ0) is 15.1. The maximum Gasteiger partial charge on any atom is 0.173 e. The van der Waals surface area contributed by atoms with Crippen LogP contribution in [-0.2, 0) is 0 Å². The van der Waals surface area contributed by atoms with E-state index < -0.39 is 6.10 Å². The fraction of sp³-hybridized carbons (Fsp3) is 0.462. The van der Waals surface area contributed by atoms with Crippen molar-refractivity contribution in [1.82, 2.24) is 4.90 Å². The summed E-state index contributed by atoms with van der Waals surface area (Å²) >= 11 is 5.23. The molecule has 0 aromatic heterocycles. The third kappa shape index (κ3) is 4.52. The standard InChI is InChI=1S/C13H20N2O4S/c1-15(7-9(17)8-16)13(20)14-11-5-4-10(18-2)6-12(11)19-3/h4-6,9,16-17H,7-8H2,1-3H3,(H,14,20). The molecular formula is C13H20N2O4S. The van der Waals surface area contributed by atoms with Gasteiger partial charge in [-0.2, -0.15) is 0 Å². The Bertz CT molecular complexity index is 456. The summed E-state index contributed by atoms with van der Waals surface area (Å²) in [5.74, 6) is 1.28. The van der Waals surface area contributed by atoms with Crippen LogP contribution in [0.5, 0.6) is 11.5 Å². The number of aliphatic hydroxyl groups is 2. The van der Waals surface area contributed by atoms with Crippen molar-refractivity contribution in [3.05, 3.63) is 18.2 Å². The summed E-state index contributed by atoms with van der Waals surface area (Å²) in [4.78, 5) is 1.64. The lowest BCUT2D eigenvalue weighted by molar-refractivity contribution is 0.0810. The molecule has 7 heteroatoms. The van der Waals surface area contributed by atoms with Crippen LogP contribution in [0.3, 0.4) is 0 Å². The molecule has 20 heavy (non-hydrogen) atoms. The van der Waals surface area contributed by atoms with Crippen LogP contribution in [-0.4, -0.2) is 60.7 Å². The van der Waals surface area contributed by atoms with Gasteiger partial charge in [0, 0.05) is 19.7 Å². The lowest BCUT2D eigenvalue weighted by Crippen LogP contribution is -2.38. The molecule has 0 radical (unpaired) electrons. The summed E-state index contributed by atoms with van der Waals surface area (Å²) in [6, 6.07) is 5.32. The van der Waals surface area contributed by atoms with Crippen molar-refractivity contribution in [2.75, 3.05) is 39.7 Å². The highest BCUT2D eigenvalue weighted by Crippen LogP contribution is 2.29. The van der Waals surface area contributed by atoms with E-state index >= 15 is 0 Å². The Morgan fingerprint density at radius 3 is 2.65 bits per heavy atom. The molecule has 0 aliphatic rings. The van der Waals surface area contributed by atoms with Crippen LogP contribution in [0, 0.1) is 0 Å². The number of hydrogen-bond donors (Lipinski definition) is 3. The van der Waals surface area contributed by atoms with Crippen LogP contribution in [0.1, 0.15) is 0 Å². The third-order valence-electron chi connectivity index (χ3n) is 2.69. The number of anilines is 1. The second kappa shape index (κ2) is 7.88. The molecule has 1 rings (SSSR count). The molecule has 0 aliphatic carbocycles. The molecule has 1 atom stereocenters. The van der Waals surface area contributed by atoms with Crippen molar-refractivity contribution in [3.63, 3.8) is 0 Å². The summed E-state index contributed by atoms with van der Waals surface area (Å²) in [7, 11) is 4.86. The molecule has 0 spiro atoms. The van der Waals surface area contributed by atoms with Crippen molar-refractivity contribution in [3.8, 4) is 11.5 Å². The highest BCUT2D eigenvalue weighted by atomic mass is 32.1. The highest BCUT2D eigenvalue weighted by molar-refractivity contribution is 7.80. The maximum absolute atomic E-state index is 9.39. The van der Waals surface area contributed by atoms with E-state index in [-0.39, 0.29) is 13.2 Å². The van der Waals surface area contributed by atoms with Crippen LogP contribution in [0.15, 0.2) is 18.2 Å². The van der Waals surface area contributed by atoms with Crippen LogP contribution in [0.2, 0.25) is 0 Å². The van der Waals surface area contributed by atoms with E-state index in [1.807, 2.05) is 0 Å². The van der Waals surface area contributed by atoms with E-state index in [0.29, 0.717) is 22.3 Å². The molecular weight excluding hydrogens is 280 g/mol. The normalized spacial score (nSPS) is 11.7.